The minimum atomic E-state index is 0.807. The van der Waals surface area contributed by atoms with Crippen molar-refractivity contribution in [2.75, 3.05) is 0 Å². The molecule has 0 aromatic heterocycles. The van der Waals surface area contributed by atoms with E-state index in [9.17, 15) is 0 Å². The van der Waals surface area contributed by atoms with Gasteiger partial charge in [-0.05, 0) is 17.7 Å². The van der Waals surface area contributed by atoms with Crippen molar-refractivity contribution in [3.05, 3.63) is 54.1 Å². The van der Waals surface area contributed by atoms with Crippen LogP contribution < -0.4 is 0 Å². The van der Waals surface area contributed by atoms with E-state index in [1.807, 2.05) is 37.3 Å². The number of rotatable bonds is 1. The van der Waals surface area contributed by atoms with Gasteiger partial charge in [0.1, 0.15) is 0 Å². The molecule has 1 heteroatoms. The molecule has 2 aromatic rings. The fourth-order valence-corrected chi connectivity index (χ4v) is 1.75. The zero-order valence-electron chi connectivity index (χ0n) is 8.00. The highest BCUT2D eigenvalue weighted by atomic mass is 35.5. The quantitative estimate of drug-likeness (QED) is 0.642. The summed E-state index contributed by atoms with van der Waals surface area (Å²) in [6.45, 7) is 1.95. The van der Waals surface area contributed by atoms with Crippen LogP contribution in [0.2, 0.25) is 0 Å². The molecule has 0 spiro atoms. The number of hydrogen-bond acceptors (Lipinski definition) is 0. The standard InChI is InChI=1S/C13H11Cl/c1-2-13(14)12-9-5-7-10-6-3-4-8-11(10)12/h2-9H,1H3. The third-order valence-corrected chi connectivity index (χ3v) is 2.72. The summed E-state index contributed by atoms with van der Waals surface area (Å²) in [7, 11) is 0. The third kappa shape index (κ3) is 1.53. The SMILES string of the molecule is CC=C(Cl)c1cccc2ccccc12. The molecule has 0 nitrogen and oxygen atoms in total. The Hall–Kier alpha value is -1.27. The summed E-state index contributed by atoms with van der Waals surface area (Å²) in [6.07, 6.45) is 1.92. The van der Waals surface area contributed by atoms with Crippen molar-refractivity contribution in [3.63, 3.8) is 0 Å². The molecule has 0 amide bonds. The van der Waals surface area contributed by atoms with Gasteiger partial charge in [-0.3, -0.25) is 0 Å². The van der Waals surface area contributed by atoms with Gasteiger partial charge in [-0.15, -0.1) is 0 Å². The van der Waals surface area contributed by atoms with E-state index in [2.05, 4.69) is 18.2 Å². The van der Waals surface area contributed by atoms with Crippen molar-refractivity contribution < 1.29 is 0 Å². The Morgan fingerprint density at radius 3 is 2.57 bits per heavy atom. The molecule has 0 aliphatic rings. The predicted molar refractivity (Wildman–Crippen MR) is 63.5 cm³/mol. The summed E-state index contributed by atoms with van der Waals surface area (Å²) in [4.78, 5) is 0. The van der Waals surface area contributed by atoms with Crippen molar-refractivity contribution in [2.45, 2.75) is 6.92 Å². The summed E-state index contributed by atoms with van der Waals surface area (Å²) in [5.41, 5.74) is 1.10. The molecule has 0 radical (unpaired) electrons. The Bertz CT molecular complexity index is 478. The molecule has 0 saturated heterocycles. The normalized spacial score (nSPS) is 12.0. The number of fused-ring (bicyclic) bond motifs is 1. The fraction of sp³-hybridized carbons (Fsp3) is 0.0769. The summed E-state index contributed by atoms with van der Waals surface area (Å²) >= 11 is 6.13. The monoisotopic (exact) mass is 202 g/mol. The van der Waals surface area contributed by atoms with Crippen LogP contribution in [0.5, 0.6) is 0 Å². The molecule has 14 heavy (non-hydrogen) atoms. The Labute approximate surface area is 88.8 Å². The summed E-state index contributed by atoms with van der Waals surface area (Å²) in [5.74, 6) is 0. The molecule has 0 unspecified atom stereocenters. The van der Waals surface area contributed by atoms with Crippen LogP contribution in [0.15, 0.2) is 48.5 Å². The highest BCUT2D eigenvalue weighted by Crippen LogP contribution is 2.27. The van der Waals surface area contributed by atoms with E-state index in [0.29, 0.717) is 0 Å². The lowest BCUT2D eigenvalue weighted by atomic mass is 10.0. The maximum atomic E-state index is 6.13. The Kier molecular flexibility index (Phi) is 2.55. The van der Waals surface area contributed by atoms with E-state index >= 15 is 0 Å². The van der Waals surface area contributed by atoms with Gasteiger partial charge in [-0.25, -0.2) is 0 Å². The molecule has 2 aromatic carbocycles. The van der Waals surface area contributed by atoms with Gasteiger partial charge in [0.05, 0.1) is 0 Å². The number of allylic oxidation sites excluding steroid dienone is 1. The van der Waals surface area contributed by atoms with E-state index in [1.165, 1.54) is 10.8 Å². The molecule has 2 rings (SSSR count). The van der Waals surface area contributed by atoms with Gasteiger partial charge in [0, 0.05) is 10.6 Å². The zero-order chi connectivity index (χ0) is 9.97. The van der Waals surface area contributed by atoms with E-state index in [-0.39, 0.29) is 0 Å². The second-order valence-electron chi connectivity index (χ2n) is 3.16. The zero-order valence-corrected chi connectivity index (χ0v) is 8.75. The number of hydrogen-bond donors (Lipinski definition) is 0. The summed E-state index contributed by atoms with van der Waals surface area (Å²) < 4.78 is 0. The third-order valence-electron chi connectivity index (χ3n) is 2.30. The van der Waals surface area contributed by atoms with Crippen LogP contribution in [0.25, 0.3) is 15.8 Å². The second kappa shape index (κ2) is 3.85. The van der Waals surface area contributed by atoms with Crippen LogP contribution in [0, 0.1) is 0 Å². The van der Waals surface area contributed by atoms with Crippen LogP contribution in [0.3, 0.4) is 0 Å². The second-order valence-corrected chi connectivity index (χ2v) is 3.57. The average Bonchev–Trinajstić information content (AvgIpc) is 2.27. The topological polar surface area (TPSA) is 0 Å². The predicted octanol–water partition coefficient (Wildman–Crippen LogP) is 4.44. The van der Waals surface area contributed by atoms with E-state index < -0.39 is 0 Å². The first-order valence-corrected chi connectivity index (χ1v) is 5.00. The first-order valence-electron chi connectivity index (χ1n) is 4.63. The Morgan fingerprint density at radius 1 is 1.07 bits per heavy atom. The molecule has 0 saturated carbocycles. The van der Waals surface area contributed by atoms with Gasteiger partial charge in [-0.2, -0.15) is 0 Å². The maximum absolute atomic E-state index is 6.13. The molecule has 0 aliphatic heterocycles. The van der Waals surface area contributed by atoms with E-state index in [0.717, 1.165) is 10.6 Å². The molecule has 0 heterocycles. The van der Waals surface area contributed by atoms with Crippen LogP contribution in [0.4, 0.5) is 0 Å². The van der Waals surface area contributed by atoms with Gasteiger partial charge in [0.25, 0.3) is 0 Å². The first-order chi connectivity index (χ1) is 6.83. The highest BCUT2D eigenvalue weighted by Gasteiger charge is 2.01. The molecule has 0 aliphatic carbocycles. The minimum absolute atomic E-state index is 0.807. The summed E-state index contributed by atoms with van der Waals surface area (Å²) in [6, 6.07) is 14.4. The van der Waals surface area contributed by atoms with Gasteiger partial charge in [-0.1, -0.05) is 60.1 Å². The van der Waals surface area contributed by atoms with E-state index in [1.54, 1.807) is 0 Å². The Balaban J connectivity index is 2.77. The lowest BCUT2D eigenvalue weighted by Gasteiger charge is -2.04. The summed E-state index contributed by atoms with van der Waals surface area (Å²) in [5, 5.41) is 3.24. The van der Waals surface area contributed by atoms with Crippen LogP contribution in [0.1, 0.15) is 12.5 Å². The van der Waals surface area contributed by atoms with Crippen LogP contribution >= 0.6 is 11.6 Å². The number of halogens is 1. The number of benzene rings is 2. The molecule has 0 bridgehead atoms. The van der Waals surface area contributed by atoms with Gasteiger partial charge < -0.3 is 0 Å². The highest BCUT2D eigenvalue weighted by molar-refractivity contribution is 6.49. The smallest absolute Gasteiger partial charge is 0.0441 e. The van der Waals surface area contributed by atoms with Gasteiger partial charge >= 0.3 is 0 Å². The van der Waals surface area contributed by atoms with Crippen LogP contribution in [-0.2, 0) is 0 Å². The molecule has 0 N–H and O–H groups in total. The van der Waals surface area contributed by atoms with Gasteiger partial charge in [0.2, 0.25) is 0 Å². The molecule has 0 fully saturated rings. The first kappa shape index (κ1) is 9.29. The average molecular weight is 203 g/mol. The van der Waals surface area contributed by atoms with Crippen molar-refractivity contribution in [1.82, 2.24) is 0 Å². The van der Waals surface area contributed by atoms with Crippen molar-refractivity contribution in [1.29, 1.82) is 0 Å². The lowest BCUT2D eigenvalue weighted by Crippen LogP contribution is -1.80. The molecule has 70 valence electrons. The molecule has 0 atom stereocenters. The molecular weight excluding hydrogens is 192 g/mol. The van der Waals surface area contributed by atoms with Crippen molar-refractivity contribution in [3.8, 4) is 0 Å². The van der Waals surface area contributed by atoms with Crippen molar-refractivity contribution in [2.24, 2.45) is 0 Å². The van der Waals surface area contributed by atoms with Gasteiger partial charge in [0.15, 0.2) is 0 Å². The fourth-order valence-electron chi connectivity index (χ4n) is 1.59. The molecular formula is C13H11Cl. The Morgan fingerprint density at radius 2 is 1.79 bits per heavy atom. The van der Waals surface area contributed by atoms with E-state index in [4.69, 9.17) is 11.6 Å². The van der Waals surface area contributed by atoms with Crippen LogP contribution in [-0.4, -0.2) is 0 Å². The maximum Gasteiger partial charge on any atom is 0.0441 e. The van der Waals surface area contributed by atoms with Crippen molar-refractivity contribution >= 4 is 27.4 Å². The largest absolute Gasteiger partial charge is 0.0840 e. The lowest BCUT2D eigenvalue weighted by molar-refractivity contribution is 1.68. The minimum Gasteiger partial charge on any atom is -0.0840 e.